The van der Waals surface area contributed by atoms with E-state index in [4.69, 9.17) is 10.00 Å². The Balaban J connectivity index is 2.36. The first kappa shape index (κ1) is 15.0. The van der Waals surface area contributed by atoms with Gasteiger partial charge in [0.2, 0.25) is 0 Å². The van der Waals surface area contributed by atoms with Crippen molar-refractivity contribution < 1.29 is 9.66 Å². The summed E-state index contributed by atoms with van der Waals surface area (Å²) in [4.78, 5) is 12.9. The number of benzene rings is 1. The minimum Gasteiger partial charge on any atom is -0.372 e. The number of rotatable bonds is 3. The van der Waals surface area contributed by atoms with E-state index < -0.39 is 0 Å². The lowest BCUT2D eigenvalue weighted by Crippen LogP contribution is -2.45. The van der Waals surface area contributed by atoms with Crippen LogP contribution < -0.4 is 4.90 Å². The van der Waals surface area contributed by atoms with Gasteiger partial charge in [0, 0.05) is 25.2 Å². The molecule has 0 aromatic heterocycles. The highest BCUT2D eigenvalue weighted by Gasteiger charge is 2.27. The van der Waals surface area contributed by atoms with Crippen LogP contribution in [-0.2, 0) is 4.74 Å². The van der Waals surface area contributed by atoms with Crippen LogP contribution >= 0.6 is 0 Å². The lowest BCUT2D eigenvalue weighted by Gasteiger charge is -2.36. The van der Waals surface area contributed by atoms with E-state index in [2.05, 4.69) is 0 Å². The lowest BCUT2D eigenvalue weighted by molar-refractivity contribution is -0.384. The molecule has 0 N–H and O–H groups in total. The van der Waals surface area contributed by atoms with Crippen LogP contribution in [0.2, 0.25) is 0 Å². The van der Waals surface area contributed by atoms with Crippen LogP contribution in [0.25, 0.3) is 6.08 Å². The molecule has 21 heavy (non-hydrogen) atoms. The molecule has 0 aliphatic carbocycles. The first-order valence-corrected chi connectivity index (χ1v) is 6.76. The number of morpholine rings is 1. The fourth-order valence-corrected chi connectivity index (χ4v) is 2.57. The number of nitro groups is 1. The number of anilines is 1. The number of hydrogen-bond donors (Lipinski definition) is 0. The maximum absolute atomic E-state index is 11.3. The topological polar surface area (TPSA) is 79.4 Å². The molecule has 0 radical (unpaired) electrons. The van der Waals surface area contributed by atoms with Gasteiger partial charge in [0.1, 0.15) is 5.69 Å². The van der Waals surface area contributed by atoms with Crippen molar-refractivity contribution in [2.45, 2.75) is 26.1 Å². The van der Waals surface area contributed by atoms with Gasteiger partial charge in [0.15, 0.2) is 0 Å². The predicted octanol–water partition coefficient (Wildman–Crippen LogP) is 2.75. The van der Waals surface area contributed by atoms with Gasteiger partial charge in [-0.1, -0.05) is 6.07 Å². The summed E-state index contributed by atoms with van der Waals surface area (Å²) < 4.78 is 5.66. The van der Waals surface area contributed by atoms with Crippen LogP contribution in [0.4, 0.5) is 11.4 Å². The van der Waals surface area contributed by atoms with Crippen LogP contribution in [0.1, 0.15) is 19.4 Å². The second kappa shape index (κ2) is 6.37. The third kappa shape index (κ3) is 3.58. The summed E-state index contributed by atoms with van der Waals surface area (Å²) in [6.45, 7) is 5.16. The molecule has 0 unspecified atom stereocenters. The Morgan fingerprint density at radius 2 is 2.10 bits per heavy atom. The molecule has 110 valence electrons. The van der Waals surface area contributed by atoms with Crippen LogP contribution in [0, 0.1) is 21.4 Å². The van der Waals surface area contributed by atoms with Gasteiger partial charge in [0.25, 0.3) is 5.69 Å². The first-order chi connectivity index (χ1) is 10.0. The summed E-state index contributed by atoms with van der Waals surface area (Å²) in [7, 11) is 0. The molecule has 1 aromatic rings. The summed E-state index contributed by atoms with van der Waals surface area (Å²) >= 11 is 0. The van der Waals surface area contributed by atoms with Crippen molar-refractivity contribution in [2.24, 2.45) is 0 Å². The average Bonchev–Trinajstić information content (AvgIpc) is 2.43. The van der Waals surface area contributed by atoms with Gasteiger partial charge in [-0.05, 0) is 31.6 Å². The van der Waals surface area contributed by atoms with Crippen LogP contribution in [0.15, 0.2) is 24.3 Å². The minimum atomic E-state index is -0.385. The third-order valence-electron chi connectivity index (χ3n) is 3.31. The second-order valence-electron chi connectivity index (χ2n) is 5.13. The van der Waals surface area contributed by atoms with Gasteiger partial charge in [-0.15, -0.1) is 0 Å². The Hall–Kier alpha value is -2.39. The largest absolute Gasteiger partial charge is 0.372 e. The van der Waals surface area contributed by atoms with E-state index in [9.17, 15) is 10.1 Å². The summed E-state index contributed by atoms with van der Waals surface area (Å²) in [5.41, 5.74) is 1.29. The van der Waals surface area contributed by atoms with Gasteiger partial charge in [-0.25, -0.2) is 0 Å². The van der Waals surface area contributed by atoms with E-state index in [1.54, 1.807) is 18.2 Å². The predicted molar refractivity (Wildman–Crippen MR) is 80.0 cm³/mol. The molecule has 1 aromatic carbocycles. The molecule has 1 saturated heterocycles. The molecule has 2 rings (SSSR count). The number of nitriles is 1. The van der Waals surface area contributed by atoms with Gasteiger partial charge in [0.05, 0.1) is 23.2 Å². The molecular formula is C15H17N3O3. The zero-order valence-electron chi connectivity index (χ0n) is 12.0. The summed E-state index contributed by atoms with van der Waals surface area (Å²) in [5, 5.41) is 19.8. The molecule has 0 bridgehead atoms. The van der Waals surface area contributed by atoms with Crippen LogP contribution in [0.5, 0.6) is 0 Å². The van der Waals surface area contributed by atoms with Gasteiger partial charge in [-0.3, -0.25) is 10.1 Å². The molecule has 1 aliphatic heterocycles. The van der Waals surface area contributed by atoms with E-state index in [-0.39, 0.29) is 22.8 Å². The number of hydrogen-bond acceptors (Lipinski definition) is 5. The van der Waals surface area contributed by atoms with Crippen LogP contribution in [0.3, 0.4) is 0 Å². The zero-order valence-corrected chi connectivity index (χ0v) is 12.0. The molecule has 1 fully saturated rings. The Kier molecular flexibility index (Phi) is 4.55. The second-order valence-corrected chi connectivity index (χ2v) is 5.13. The smallest absolute Gasteiger partial charge is 0.293 e. The molecule has 0 saturated carbocycles. The standard InChI is InChI=1S/C15H17N3O3/c1-11-9-17(10-12(2)21-11)14-6-5-13(4-3-7-16)8-15(14)18(19)20/h3-6,8,11-12H,9-10H2,1-2H3/b4-3+/t11-,12-/m1/s1. The monoisotopic (exact) mass is 287 g/mol. The number of ether oxygens (including phenoxy) is 1. The Morgan fingerprint density at radius 1 is 1.43 bits per heavy atom. The highest BCUT2D eigenvalue weighted by molar-refractivity contribution is 5.69. The van der Waals surface area contributed by atoms with Crippen molar-refractivity contribution in [2.75, 3.05) is 18.0 Å². The third-order valence-corrected chi connectivity index (χ3v) is 3.31. The van der Waals surface area contributed by atoms with Gasteiger partial charge >= 0.3 is 0 Å². The molecule has 0 amide bonds. The normalized spacial score (nSPS) is 22.2. The maximum atomic E-state index is 11.3. The van der Waals surface area contributed by atoms with Crippen molar-refractivity contribution in [3.05, 3.63) is 40.0 Å². The molecule has 1 aliphatic rings. The van der Waals surface area contributed by atoms with E-state index in [0.29, 0.717) is 24.3 Å². The van der Waals surface area contributed by atoms with Crippen molar-refractivity contribution in [3.8, 4) is 6.07 Å². The van der Waals surface area contributed by atoms with E-state index in [1.165, 1.54) is 12.1 Å². The molecule has 2 atom stereocenters. The number of allylic oxidation sites excluding steroid dienone is 1. The summed E-state index contributed by atoms with van der Waals surface area (Å²) in [6.07, 6.45) is 2.93. The number of nitro benzene ring substituents is 1. The lowest BCUT2D eigenvalue weighted by atomic mass is 10.1. The van der Waals surface area contributed by atoms with E-state index in [1.807, 2.05) is 24.8 Å². The molecular weight excluding hydrogens is 270 g/mol. The van der Waals surface area contributed by atoms with Crippen molar-refractivity contribution in [1.29, 1.82) is 5.26 Å². The highest BCUT2D eigenvalue weighted by Crippen LogP contribution is 2.31. The quantitative estimate of drug-likeness (QED) is 0.485. The summed E-state index contributed by atoms with van der Waals surface area (Å²) in [6, 6.07) is 6.89. The zero-order chi connectivity index (χ0) is 15.4. The molecule has 6 nitrogen and oxygen atoms in total. The first-order valence-electron chi connectivity index (χ1n) is 6.76. The minimum absolute atomic E-state index is 0.0338. The average molecular weight is 287 g/mol. The summed E-state index contributed by atoms with van der Waals surface area (Å²) in [5.74, 6) is 0. The van der Waals surface area contributed by atoms with E-state index >= 15 is 0 Å². The highest BCUT2D eigenvalue weighted by atomic mass is 16.6. The van der Waals surface area contributed by atoms with Gasteiger partial charge in [-0.2, -0.15) is 5.26 Å². The SMILES string of the molecule is C[C@@H]1CN(c2ccc(/C=C/C#N)cc2[N+](=O)[O-])C[C@@H](C)O1. The maximum Gasteiger partial charge on any atom is 0.293 e. The fourth-order valence-electron chi connectivity index (χ4n) is 2.57. The Morgan fingerprint density at radius 3 is 2.67 bits per heavy atom. The molecule has 6 heteroatoms. The van der Waals surface area contributed by atoms with Crippen molar-refractivity contribution in [1.82, 2.24) is 0 Å². The Bertz CT molecular complexity index is 597. The number of nitrogens with zero attached hydrogens (tertiary/aromatic N) is 3. The van der Waals surface area contributed by atoms with Gasteiger partial charge < -0.3 is 9.64 Å². The Labute approximate surface area is 123 Å². The van der Waals surface area contributed by atoms with Crippen molar-refractivity contribution >= 4 is 17.5 Å². The van der Waals surface area contributed by atoms with E-state index in [0.717, 1.165) is 0 Å². The fraction of sp³-hybridized carbons (Fsp3) is 0.400. The van der Waals surface area contributed by atoms with Crippen molar-refractivity contribution in [3.63, 3.8) is 0 Å². The molecule has 0 spiro atoms. The molecule has 1 heterocycles. The van der Waals surface area contributed by atoms with Crippen LogP contribution in [-0.4, -0.2) is 30.2 Å².